The average Bonchev–Trinajstić information content (AvgIpc) is 1.58. The minimum absolute atomic E-state index is 0.0394. The van der Waals surface area contributed by atoms with Crippen LogP contribution in [0.4, 0.5) is 29.2 Å². The number of carbonyl (C=O) groups excluding carboxylic acids is 2. The van der Waals surface area contributed by atoms with Gasteiger partial charge in [0.25, 0.3) is 56.5 Å². The van der Waals surface area contributed by atoms with Gasteiger partial charge in [-0.1, -0.05) is 6.08 Å². The average molecular weight is 1360 g/mol. The van der Waals surface area contributed by atoms with Crippen LogP contribution < -0.4 is 30.7 Å². The summed E-state index contributed by atoms with van der Waals surface area (Å²) in [5.41, 5.74) is 5.22. The molecule has 1 aromatic heterocycles. The first kappa shape index (κ1) is 69.6. The summed E-state index contributed by atoms with van der Waals surface area (Å²) in [6.45, 7) is 7.19. The minimum Gasteiger partial charge on any atom is -0.481 e. The predicted octanol–water partition coefficient (Wildman–Crippen LogP) is 3.00. The molecule has 9 N–H and O–H groups in total. The molecule has 8 rings (SSSR count). The Hall–Kier alpha value is -6.28. The van der Waals surface area contributed by atoms with Gasteiger partial charge in [-0.3, -0.25) is 32.4 Å². The summed E-state index contributed by atoms with van der Waals surface area (Å²) in [5.74, 6) is -4.54. The highest BCUT2D eigenvalue weighted by Gasteiger charge is 2.49. The van der Waals surface area contributed by atoms with Crippen LogP contribution in [0.25, 0.3) is 0 Å². The van der Waals surface area contributed by atoms with Gasteiger partial charge in [-0.05, 0) is 121 Å². The number of nitrogens with two attached hydrogens (primary N) is 1. The van der Waals surface area contributed by atoms with E-state index < -0.39 is 126 Å². The number of fused-ring (bicyclic) bond motifs is 2. The lowest BCUT2D eigenvalue weighted by molar-refractivity contribution is -0.437. The minimum atomic E-state index is -4.82. The molecule has 5 aliphatic heterocycles. The number of carboxylic acids is 1. The molecule has 1 amide bonds. The first-order valence-corrected chi connectivity index (χ1v) is 37.2. The number of amides is 1. The molecule has 0 saturated carbocycles. The van der Waals surface area contributed by atoms with Crippen molar-refractivity contribution < 1.29 is 93.7 Å². The zero-order valence-corrected chi connectivity index (χ0v) is 54.0. The molecule has 1 unspecified atom stereocenters. The lowest BCUT2D eigenvalue weighted by Gasteiger charge is -2.35. The lowest BCUT2D eigenvalue weighted by Crippen LogP contribution is -2.46. The molecule has 6 heterocycles. The molecular formula is C55H77N10O20S5+. The Balaban J connectivity index is 1.16. The molecule has 0 bridgehead atoms. The van der Waals surface area contributed by atoms with E-state index in [2.05, 4.69) is 10.2 Å². The first-order chi connectivity index (χ1) is 41.9. The van der Waals surface area contributed by atoms with E-state index >= 15 is 0 Å². The van der Waals surface area contributed by atoms with E-state index in [0.717, 1.165) is 18.9 Å². The van der Waals surface area contributed by atoms with E-state index in [1.807, 2.05) is 9.80 Å². The Morgan fingerprint density at radius 2 is 1.22 bits per heavy atom. The third kappa shape index (κ3) is 17.4. The fourth-order valence-electron chi connectivity index (χ4n) is 12.4. The molecule has 3 saturated heterocycles. The van der Waals surface area contributed by atoms with Crippen LogP contribution in [0.3, 0.4) is 0 Å². The number of esters is 1. The monoisotopic (exact) mass is 1360 g/mol. The van der Waals surface area contributed by atoms with Crippen LogP contribution in [0, 0.1) is 5.92 Å². The number of hydrogen-bond acceptors (Lipinski definition) is 22. The summed E-state index contributed by atoms with van der Waals surface area (Å²) in [7, 11) is -22.9. The van der Waals surface area contributed by atoms with Crippen molar-refractivity contribution in [2.24, 2.45) is 11.7 Å². The van der Waals surface area contributed by atoms with E-state index in [1.165, 1.54) is 24.3 Å². The van der Waals surface area contributed by atoms with Crippen LogP contribution in [0.15, 0.2) is 59.2 Å². The molecular weight excluding hydrogens is 1280 g/mol. The number of ether oxygens (including phenoxy) is 1. The number of aliphatic carboxylic acids is 1. The van der Waals surface area contributed by atoms with Crippen LogP contribution >= 0.6 is 0 Å². The predicted molar refractivity (Wildman–Crippen MR) is 331 cm³/mol. The summed E-state index contributed by atoms with van der Waals surface area (Å²) in [6.07, 6.45) is 6.85. The molecule has 35 heteroatoms. The lowest BCUT2D eigenvalue weighted by atomic mass is 9.77. The Labute approximate surface area is 523 Å². The zero-order valence-electron chi connectivity index (χ0n) is 49.9. The van der Waals surface area contributed by atoms with Gasteiger partial charge in [0.05, 0.1) is 57.0 Å². The Kier molecular flexibility index (Phi) is 21.3. The summed E-state index contributed by atoms with van der Waals surface area (Å²) in [5, 5.41) is 12.7. The maximum Gasteiger partial charge on any atom is 0.338 e. The molecule has 90 heavy (non-hydrogen) atoms. The second-order valence-electron chi connectivity index (χ2n) is 24.0. The van der Waals surface area contributed by atoms with Crippen molar-refractivity contribution in [2.75, 3.05) is 102 Å². The third-order valence-electron chi connectivity index (χ3n) is 17.1. The standard InChI is InChI=1S/C55H76N10O20S5/c1-54(2)45(9-4-10-46-55(3,19-5-29-86(70,71)72)42-35-40(90(82,83)84)11-12-43(42)64(46)20-6-30-87(73,74)75)65(21-7-31-88(76,77)78)44-34-37(33-41(47(44)54)50(69)85-28-8-32-89(79,80)81)48(66)57-39-17-26-63(27-18-39)53-59-51(61-22-13-36(14-23-61)49(67)68)58-52(60-53)62-24-15-38(56)16-25-62/h4,9-12,33-36,38-39H,5-8,13-32,56H2,1-3H3,(H6-,57,66,67,68,70,71,72,73,74,75,76,77,78,79,80,81,82,83,84)/p+1. The number of benzene rings is 2. The number of hydrogen-bond donors (Lipinski definition) is 8. The normalized spacial score (nSPS) is 20.3. The van der Waals surface area contributed by atoms with Gasteiger partial charge in [0.2, 0.25) is 23.5 Å². The van der Waals surface area contributed by atoms with E-state index in [0.29, 0.717) is 99.9 Å². The van der Waals surface area contributed by atoms with Crippen molar-refractivity contribution in [3.63, 3.8) is 0 Å². The summed E-state index contributed by atoms with van der Waals surface area (Å²) >= 11 is 0. The number of allylic oxidation sites excluding steroid dienone is 4. The summed E-state index contributed by atoms with van der Waals surface area (Å²) in [4.78, 5) is 62.6. The van der Waals surface area contributed by atoms with Crippen molar-refractivity contribution >= 4 is 103 Å². The van der Waals surface area contributed by atoms with Crippen molar-refractivity contribution in [1.82, 2.24) is 20.3 Å². The molecule has 0 spiro atoms. The van der Waals surface area contributed by atoms with Gasteiger partial charge >= 0.3 is 11.9 Å². The van der Waals surface area contributed by atoms with Gasteiger partial charge in [0.15, 0.2) is 5.71 Å². The maximum atomic E-state index is 14.7. The molecule has 496 valence electrons. The molecule has 0 aliphatic carbocycles. The molecule has 3 fully saturated rings. The SMILES string of the molecule is CC1(C)C(C=CC=C2N(CCCS(=O)(=O)O)c3ccc(S(=O)(=O)O)cc3C2(C)CCCS(=O)(=O)O)=[N+](CCCS(=O)(=O)O)c2cc(C(=O)NC3CCN(c4nc(N5CCC(N)CC5)nc(N5CCC(C(=O)O)CC5)n4)CC3)cc(C(=O)OCCCS(=O)(=O)O)c21. The fraction of sp³-hybridized carbons (Fsp3) is 0.582. The van der Waals surface area contributed by atoms with E-state index in [4.69, 9.17) is 25.4 Å². The first-order valence-electron chi connectivity index (χ1n) is 29.3. The number of carboxylic acid groups (broad SMARTS) is 1. The van der Waals surface area contributed by atoms with Crippen molar-refractivity contribution in [1.29, 1.82) is 0 Å². The van der Waals surface area contributed by atoms with Gasteiger partial charge in [-0.2, -0.15) is 61.6 Å². The zero-order chi connectivity index (χ0) is 65.9. The topological polar surface area (TPSA) is 445 Å². The fourth-order valence-corrected chi connectivity index (χ4v) is 14.9. The summed E-state index contributed by atoms with van der Waals surface area (Å²) in [6, 6.07) is 6.10. The van der Waals surface area contributed by atoms with E-state index in [1.54, 1.807) is 48.5 Å². The van der Waals surface area contributed by atoms with Gasteiger partial charge in [0.1, 0.15) is 6.54 Å². The van der Waals surface area contributed by atoms with Gasteiger partial charge in [-0.25, -0.2) is 4.79 Å². The quantitative estimate of drug-likeness (QED) is 0.0248. The van der Waals surface area contributed by atoms with Crippen LogP contribution in [0.2, 0.25) is 0 Å². The Morgan fingerprint density at radius 1 is 0.700 bits per heavy atom. The summed E-state index contributed by atoms with van der Waals surface area (Å²) < 4.78 is 177. The molecule has 2 aromatic carbocycles. The smallest absolute Gasteiger partial charge is 0.338 e. The van der Waals surface area contributed by atoms with Crippen LogP contribution in [0.5, 0.6) is 0 Å². The number of piperidine rings is 3. The molecule has 30 nitrogen and oxygen atoms in total. The molecule has 1 atom stereocenters. The molecule has 5 aliphatic rings. The molecule has 3 aromatic rings. The Bertz CT molecular complexity index is 3940. The Morgan fingerprint density at radius 3 is 1.77 bits per heavy atom. The van der Waals surface area contributed by atoms with Gasteiger partial charge < -0.3 is 40.5 Å². The second-order valence-corrected chi connectivity index (χ2v) is 31.7. The second kappa shape index (κ2) is 27.5. The third-order valence-corrected chi connectivity index (χ3v) is 21.1. The number of aromatic nitrogens is 3. The van der Waals surface area contributed by atoms with E-state index in [9.17, 15) is 84.3 Å². The number of carbonyl (C=O) groups is 3. The number of nitrogens with one attached hydrogen (secondary N) is 1. The highest BCUT2D eigenvalue weighted by Crippen LogP contribution is 2.52. The van der Waals surface area contributed by atoms with Gasteiger partial charge in [0, 0.05) is 98.8 Å². The van der Waals surface area contributed by atoms with Crippen LogP contribution in [0.1, 0.15) is 123 Å². The van der Waals surface area contributed by atoms with Crippen LogP contribution in [-0.4, -0.2) is 207 Å². The van der Waals surface area contributed by atoms with Crippen molar-refractivity contribution in [3.05, 3.63) is 76.5 Å². The highest BCUT2D eigenvalue weighted by atomic mass is 32.2. The number of anilines is 4. The van der Waals surface area contributed by atoms with E-state index in [-0.39, 0.29) is 79.2 Å². The number of nitrogens with zero attached hydrogens (tertiary/aromatic N) is 8. The largest absolute Gasteiger partial charge is 0.481 e. The maximum absolute atomic E-state index is 14.7. The van der Waals surface area contributed by atoms with Gasteiger partial charge in [-0.15, -0.1) is 0 Å². The highest BCUT2D eigenvalue weighted by molar-refractivity contribution is 7.86. The van der Waals surface area contributed by atoms with Crippen LogP contribution in [-0.2, 0) is 71.0 Å². The molecule has 0 radical (unpaired) electrons. The van der Waals surface area contributed by atoms with Crippen molar-refractivity contribution in [3.8, 4) is 0 Å². The van der Waals surface area contributed by atoms with Crippen molar-refractivity contribution in [2.45, 2.75) is 119 Å². The number of rotatable bonds is 26.